The van der Waals surface area contributed by atoms with Crippen LogP contribution in [0, 0.1) is 0 Å². The number of hydrogen-bond acceptors (Lipinski definition) is 3. The highest BCUT2D eigenvalue weighted by molar-refractivity contribution is 6.18. The molecule has 0 saturated heterocycles. The first kappa shape index (κ1) is 41.3. The van der Waals surface area contributed by atoms with Crippen molar-refractivity contribution in [3.63, 3.8) is 0 Å². The second kappa shape index (κ2) is 14.8. The molecule has 0 fully saturated rings. The van der Waals surface area contributed by atoms with Crippen LogP contribution in [0.15, 0.2) is 150 Å². The smallest absolute Gasteiger partial charge is 0.160 e. The third kappa shape index (κ3) is 7.50. The van der Waals surface area contributed by atoms with Crippen molar-refractivity contribution in [2.75, 3.05) is 9.80 Å². The Morgan fingerprint density at radius 2 is 0.806 bits per heavy atom. The number of furan rings is 1. The van der Waals surface area contributed by atoms with Gasteiger partial charge in [0.25, 0.3) is 0 Å². The topological polar surface area (TPSA) is 19.6 Å². The summed E-state index contributed by atoms with van der Waals surface area (Å²) in [5.41, 5.74) is 19.2. The van der Waals surface area contributed by atoms with Gasteiger partial charge in [0.15, 0.2) is 5.58 Å². The van der Waals surface area contributed by atoms with Gasteiger partial charge in [0, 0.05) is 39.2 Å². The molecule has 0 aliphatic heterocycles. The highest BCUT2D eigenvalue weighted by atomic mass is 16.3. The lowest BCUT2D eigenvalue weighted by molar-refractivity contribution is 0.590. The Balaban J connectivity index is 1.22. The quantitative estimate of drug-likeness (QED) is 0.167. The third-order valence-corrected chi connectivity index (χ3v) is 12.9. The van der Waals surface area contributed by atoms with Gasteiger partial charge in [-0.25, -0.2) is 0 Å². The summed E-state index contributed by atoms with van der Waals surface area (Å²) in [6.07, 6.45) is 0.820. The molecule has 3 nitrogen and oxygen atoms in total. The van der Waals surface area contributed by atoms with Crippen molar-refractivity contribution in [3.05, 3.63) is 179 Å². The van der Waals surface area contributed by atoms with Crippen LogP contribution in [0.25, 0.3) is 33.1 Å². The minimum atomic E-state index is 0.0449. The van der Waals surface area contributed by atoms with Gasteiger partial charge in [0.05, 0.1) is 5.69 Å². The second-order valence-corrected chi connectivity index (χ2v) is 21.6. The van der Waals surface area contributed by atoms with Gasteiger partial charge in [-0.3, -0.25) is 0 Å². The van der Waals surface area contributed by atoms with Crippen LogP contribution >= 0.6 is 0 Å². The standard InChI is InChI=1S/C59H62N2O/c1-56(2,3)40-17-25-44(26-18-40)60(45-27-19-41(20-28-45)57(4,5)6)48-33-34-49-38(36-48)35-39-37-51(55-54(53(39)49)50-15-13-14-16-52(50)62-55)61(46-29-21-42(22-30-46)58(7,8)9)47-31-23-43(24-32-47)59(10,11)12/h13-34,36-37H,35H2,1-12H3. The van der Waals surface area contributed by atoms with E-state index in [0.29, 0.717) is 0 Å². The van der Waals surface area contributed by atoms with Crippen molar-refractivity contribution in [2.45, 2.75) is 111 Å². The second-order valence-electron chi connectivity index (χ2n) is 21.6. The van der Waals surface area contributed by atoms with Gasteiger partial charge in [0.1, 0.15) is 5.58 Å². The molecule has 1 aliphatic rings. The van der Waals surface area contributed by atoms with Gasteiger partial charge >= 0.3 is 0 Å². The number of rotatable bonds is 6. The van der Waals surface area contributed by atoms with Gasteiger partial charge in [-0.1, -0.05) is 156 Å². The number of para-hydroxylation sites is 1. The molecule has 9 rings (SSSR count). The summed E-state index contributed by atoms with van der Waals surface area (Å²) in [5.74, 6) is 0. The van der Waals surface area contributed by atoms with Crippen LogP contribution in [-0.2, 0) is 28.1 Å². The van der Waals surface area contributed by atoms with E-state index in [4.69, 9.17) is 4.42 Å². The maximum Gasteiger partial charge on any atom is 0.160 e. The molecule has 0 atom stereocenters. The summed E-state index contributed by atoms with van der Waals surface area (Å²) in [7, 11) is 0. The molecule has 1 aromatic heterocycles. The van der Waals surface area contributed by atoms with Crippen LogP contribution in [-0.4, -0.2) is 0 Å². The predicted octanol–water partition coefficient (Wildman–Crippen LogP) is 17.3. The molecule has 62 heavy (non-hydrogen) atoms. The first-order valence-electron chi connectivity index (χ1n) is 22.4. The predicted molar refractivity (Wildman–Crippen MR) is 266 cm³/mol. The van der Waals surface area contributed by atoms with Gasteiger partial charge < -0.3 is 14.2 Å². The van der Waals surface area contributed by atoms with E-state index in [0.717, 1.165) is 57.1 Å². The van der Waals surface area contributed by atoms with Crippen molar-refractivity contribution < 1.29 is 4.42 Å². The average molecular weight is 815 g/mol. The van der Waals surface area contributed by atoms with E-state index < -0.39 is 0 Å². The Morgan fingerprint density at radius 3 is 1.24 bits per heavy atom. The molecular weight excluding hydrogens is 753 g/mol. The Morgan fingerprint density at radius 1 is 0.403 bits per heavy atom. The van der Waals surface area contributed by atoms with Gasteiger partial charge in [-0.2, -0.15) is 0 Å². The number of hydrogen-bond donors (Lipinski definition) is 0. The monoisotopic (exact) mass is 814 g/mol. The number of anilines is 6. The lowest BCUT2D eigenvalue weighted by Crippen LogP contribution is -2.14. The SMILES string of the molecule is CC(C)(C)c1ccc(N(c2ccc(C(C)(C)C)cc2)c2ccc3c(c2)Cc2cc(N(c4ccc(C(C)(C)C)cc4)c4ccc(C(C)(C)C)cc4)c4oc5ccccc5c4c2-3)cc1. The van der Waals surface area contributed by atoms with E-state index in [1.54, 1.807) is 0 Å². The van der Waals surface area contributed by atoms with E-state index in [-0.39, 0.29) is 21.7 Å². The van der Waals surface area contributed by atoms with Gasteiger partial charge in [-0.05, 0) is 145 Å². The van der Waals surface area contributed by atoms with Crippen molar-refractivity contribution in [3.8, 4) is 11.1 Å². The van der Waals surface area contributed by atoms with Crippen molar-refractivity contribution in [2.24, 2.45) is 0 Å². The van der Waals surface area contributed by atoms with Gasteiger partial charge in [-0.15, -0.1) is 0 Å². The van der Waals surface area contributed by atoms with Crippen LogP contribution < -0.4 is 9.80 Å². The first-order chi connectivity index (χ1) is 29.3. The maximum atomic E-state index is 7.00. The van der Waals surface area contributed by atoms with Gasteiger partial charge in [0.2, 0.25) is 0 Å². The Labute approximate surface area is 370 Å². The number of benzene rings is 7. The zero-order chi connectivity index (χ0) is 43.9. The molecule has 0 radical (unpaired) electrons. The van der Waals surface area contributed by atoms with Crippen LogP contribution in [0.4, 0.5) is 34.1 Å². The van der Waals surface area contributed by atoms with E-state index >= 15 is 0 Å². The highest BCUT2D eigenvalue weighted by Crippen LogP contribution is 2.52. The molecule has 0 N–H and O–H groups in total. The maximum absolute atomic E-state index is 7.00. The fraction of sp³-hybridized carbons (Fsp3) is 0.288. The third-order valence-electron chi connectivity index (χ3n) is 12.9. The summed E-state index contributed by atoms with van der Waals surface area (Å²) in [6.45, 7) is 27.3. The average Bonchev–Trinajstić information content (AvgIpc) is 3.79. The fourth-order valence-corrected chi connectivity index (χ4v) is 9.18. The van der Waals surface area contributed by atoms with Crippen molar-refractivity contribution in [1.29, 1.82) is 0 Å². The molecule has 3 heteroatoms. The normalized spacial score (nSPS) is 13.1. The van der Waals surface area contributed by atoms with E-state index in [1.807, 2.05) is 0 Å². The number of fused-ring (bicyclic) bond motifs is 7. The van der Waals surface area contributed by atoms with Crippen molar-refractivity contribution in [1.82, 2.24) is 0 Å². The summed E-state index contributed by atoms with van der Waals surface area (Å²) in [4.78, 5) is 4.82. The van der Waals surface area contributed by atoms with E-state index in [1.165, 1.54) is 49.9 Å². The Kier molecular flexibility index (Phi) is 9.86. The zero-order valence-corrected chi connectivity index (χ0v) is 38.9. The summed E-state index contributed by atoms with van der Waals surface area (Å²) < 4.78 is 7.00. The van der Waals surface area contributed by atoms with E-state index in [2.05, 4.69) is 238 Å². The zero-order valence-electron chi connectivity index (χ0n) is 38.9. The van der Waals surface area contributed by atoms with Crippen molar-refractivity contribution >= 4 is 56.1 Å². The summed E-state index contributed by atoms with van der Waals surface area (Å²) in [5, 5.41) is 2.32. The molecule has 7 aromatic carbocycles. The molecule has 0 spiro atoms. The van der Waals surface area contributed by atoms with Crippen LogP contribution in [0.1, 0.15) is 116 Å². The molecule has 0 amide bonds. The lowest BCUT2D eigenvalue weighted by Gasteiger charge is -2.28. The minimum absolute atomic E-state index is 0.0449. The molecule has 0 bridgehead atoms. The molecule has 0 unspecified atom stereocenters. The van der Waals surface area contributed by atoms with E-state index in [9.17, 15) is 0 Å². The highest BCUT2D eigenvalue weighted by Gasteiger charge is 2.30. The van der Waals surface area contributed by atoms with Crippen LogP contribution in [0.3, 0.4) is 0 Å². The molecule has 0 saturated carbocycles. The van der Waals surface area contributed by atoms with Crippen LogP contribution in [0.5, 0.6) is 0 Å². The molecule has 1 heterocycles. The molecular formula is C59H62N2O. The fourth-order valence-electron chi connectivity index (χ4n) is 9.18. The molecule has 314 valence electrons. The largest absolute Gasteiger partial charge is 0.454 e. The summed E-state index contributed by atoms with van der Waals surface area (Å²) >= 11 is 0. The minimum Gasteiger partial charge on any atom is -0.454 e. The number of nitrogens with zero attached hydrogens (tertiary/aromatic N) is 2. The lowest BCUT2D eigenvalue weighted by atomic mass is 9.86. The Bertz CT molecular complexity index is 2800. The Hall–Kier alpha value is -6.06. The van der Waals surface area contributed by atoms with Crippen LogP contribution in [0.2, 0.25) is 0 Å². The first-order valence-corrected chi connectivity index (χ1v) is 22.4. The molecule has 1 aliphatic carbocycles. The summed E-state index contributed by atoms with van der Waals surface area (Å²) in [6, 6.07) is 54.6. The molecule has 8 aromatic rings.